The van der Waals surface area contributed by atoms with Crippen molar-refractivity contribution < 1.29 is 4.79 Å². The van der Waals surface area contributed by atoms with E-state index in [0.29, 0.717) is 5.41 Å². The van der Waals surface area contributed by atoms with E-state index in [0.717, 1.165) is 57.4 Å². The lowest BCUT2D eigenvalue weighted by atomic mass is 9.77. The number of nitrogens with zero attached hydrogens (tertiary/aromatic N) is 1. The molecule has 2 aliphatic heterocycles. The van der Waals surface area contributed by atoms with Crippen molar-refractivity contribution in [2.24, 2.45) is 5.41 Å². The van der Waals surface area contributed by atoms with Crippen LogP contribution in [-0.2, 0) is 12.8 Å². The largest absolute Gasteiger partial charge is 0.339 e. The maximum absolute atomic E-state index is 13.1. The molecule has 1 N–H and O–H groups in total. The van der Waals surface area contributed by atoms with Gasteiger partial charge in [0, 0.05) is 25.2 Å². The molecule has 3 nitrogen and oxygen atoms in total. The van der Waals surface area contributed by atoms with E-state index < -0.39 is 0 Å². The molecule has 0 radical (unpaired) electrons. The van der Waals surface area contributed by atoms with Crippen LogP contribution < -0.4 is 5.32 Å². The molecule has 1 amide bonds. The third-order valence-corrected chi connectivity index (χ3v) is 6.22. The molecule has 0 unspecified atom stereocenters. The van der Waals surface area contributed by atoms with Gasteiger partial charge in [0.15, 0.2) is 0 Å². The number of amides is 1. The number of hydrogen-bond acceptors (Lipinski definition) is 2. The molecule has 2 aliphatic rings. The standard InChI is InChI=1S/C23H28N2O/c26-22(25-16-13-23(14-17-25)12-15-24-18-23)21-9-5-4-8-20(21)11-10-19-6-2-1-3-7-19/h1-9,24H,10-18H2. The van der Waals surface area contributed by atoms with Crippen LogP contribution in [0.2, 0.25) is 0 Å². The van der Waals surface area contributed by atoms with Gasteiger partial charge < -0.3 is 10.2 Å². The maximum atomic E-state index is 13.1. The third kappa shape index (κ3) is 3.68. The number of carbonyl (C=O) groups excluding carboxylic acids is 1. The highest BCUT2D eigenvalue weighted by Gasteiger charge is 2.38. The van der Waals surface area contributed by atoms with Crippen LogP contribution in [-0.4, -0.2) is 37.0 Å². The Kier molecular flexibility index (Phi) is 5.07. The summed E-state index contributed by atoms with van der Waals surface area (Å²) in [6, 6.07) is 18.7. The molecular weight excluding hydrogens is 320 g/mol. The highest BCUT2D eigenvalue weighted by Crippen LogP contribution is 2.37. The Bertz CT molecular complexity index is 740. The minimum Gasteiger partial charge on any atom is -0.339 e. The SMILES string of the molecule is O=C(c1ccccc1CCc1ccccc1)N1CCC2(CCNC2)CC1. The summed E-state index contributed by atoms with van der Waals surface area (Å²) in [6.45, 7) is 4.06. The number of hydrogen-bond donors (Lipinski definition) is 1. The van der Waals surface area contributed by atoms with Gasteiger partial charge in [0.05, 0.1) is 0 Å². The smallest absolute Gasteiger partial charge is 0.254 e. The second-order valence-electron chi connectivity index (χ2n) is 7.86. The van der Waals surface area contributed by atoms with Gasteiger partial charge in [-0.25, -0.2) is 0 Å². The summed E-state index contributed by atoms with van der Waals surface area (Å²) in [5, 5.41) is 3.50. The number of rotatable bonds is 4. The van der Waals surface area contributed by atoms with E-state index in [1.165, 1.54) is 17.5 Å². The molecule has 2 fully saturated rings. The number of nitrogens with one attached hydrogen (secondary N) is 1. The van der Waals surface area contributed by atoms with Crippen molar-refractivity contribution in [1.29, 1.82) is 0 Å². The van der Waals surface area contributed by atoms with Gasteiger partial charge >= 0.3 is 0 Å². The molecule has 0 aliphatic carbocycles. The first kappa shape index (κ1) is 17.3. The van der Waals surface area contributed by atoms with Crippen LogP contribution in [0.25, 0.3) is 0 Å². The Morgan fingerprint density at radius 1 is 0.923 bits per heavy atom. The van der Waals surface area contributed by atoms with E-state index in [4.69, 9.17) is 0 Å². The van der Waals surface area contributed by atoms with E-state index in [9.17, 15) is 4.79 Å². The Hall–Kier alpha value is -2.13. The van der Waals surface area contributed by atoms with Gasteiger partial charge in [0.2, 0.25) is 0 Å². The molecule has 1 spiro atoms. The zero-order chi connectivity index (χ0) is 17.8. The summed E-state index contributed by atoms with van der Waals surface area (Å²) in [5.41, 5.74) is 3.83. The van der Waals surface area contributed by atoms with Gasteiger partial charge in [0.25, 0.3) is 5.91 Å². The van der Waals surface area contributed by atoms with Gasteiger partial charge in [-0.2, -0.15) is 0 Å². The first-order chi connectivity index (χ1) is 12.8. The summed E-state index contributed by atoms with van der Waals surface area (Å²) in [4.78, 5) is 15.2. The van der Waals surface area contributed by atoms with E-state index in [-0.39, 0.29) is 5.91 Å². The van der Waals surface area contributed by atoms with Crippen molar-refractivity contribution in [2.45, 2.75) is 32.1 Å². The second-order valence-corrected chi connectivity index (χ2v) is 7.86. The highest BCUT2D eigenvalue weighted by atomic mass is 16.2. The summed E-state index contributed by atoms with van der Waals surface area (Å²) in [5.74, 6) is 0.217. The van der Waals surface area contributed by atoms with Crippen molar-refractivity contribution in [3.05, 3.63) is 71.3 Å². The number of benzene rings is 2. The maximum Gasteiger partial charge on any atom is 0.254 e. The fraction of sp³-hybridized carbons (Fsp3) is 0.435. The Balaban J connectivity index is 1.43. The number of aryl methyl sites for hydroxylation is 2. The summed E-state index contributed by atoms with van der Waals surface area (Å²) >= 11 is 0. The number of carbonyl (C=O) groups is 1. The van der Waals surface area contributed by atoms with Crippen molar-refractivity contribution in [1.82, 2.24) is 10.2 Å². The van der Waals surface area contributed by atoms with Crippen molar-refractivity contribution in [2.75, 3.05) is 26.2 Å². The number of piperidine rings is 1. The van der Waals surface area contributed by atoms with Crippen LogP contribution in [0.1, 0.15) is 40.7 Å². The van der Waals surface area contributed by atoms with E-state index in [1.54, 1.807) is 0 Å². The number of likely N-dealkylation sites (tertiary alicyclic amines) is 1. The lowest BCUT2D eigenvalue weighted by Crippen LogP contribution is -2.44. The fourth-order valence-electron chi connectivity index (χ4n) is 4.45. The Morgan fingerprint density at radius 2 is 1.65 bits per heavy atom. The van der Waals surface area contributed by atoms with Crippen LogP contribution in [0.15, 0.2) is 54.6 Å². The zero-order valence-corrected chi connectivity index (χ0v) is 15.4. The van der Waals surface area contributed by atoms with Crippen LogP contribution in [0.5, 0.6) is 0 Å². The molecule has 4 rings (SSSR count). The zero-order valence-electron chi connectivity index (χ0n) is 15.4. The van der Waals surface area contributed by atoms with Crippen molar-refractivity contribution in [3.63, 3.8) is 0 Å². The van der Waals surface area contributed by atoms with Crippen molar-refractivity contribution in [3.8, 4) is 0 Å². The molecule has 2 heterocycles. The van der Waals surface area contributed by atoms with Crippen molar-refractivity contribution >= 4 is 5.91 Å². The average Bonchev–Trinajstić information content (AvgIpc) is 3.15. The van der Waals surface area contributed by atoms with Crippen LogP contribution in [0, 0.1) is 5.41 Å². The fourth-order valence-corrected chi connectivity index (χ4v) is 4.45. The molecule has 0 bridgehead atoms. The van der Waals surface area contributed by atoms with Gasteiger partial charge in [-0.05, 0) is 61.3 Å². The van der Waals surface area contributed by atoms with Crippen LogP contribution in [0.4, 0.5) is 0 Å². The Morgan fingerprint density at radius 3 is 2.38 bits per heavy atom. The predicted octanol–water partition coefficient (Wildman–Crippen LogP) is 3.69. The van der Waals surface area contributed by atoms with E-state index in [1.807, 2.05) is 24.3 Å². The summed E-state index contributed by atoms with van der Waals surface area (Å²) in [6.07, 6.45) is 5.42. The minimum atomic E-state index is 0.217. The predicted molar refractivity (Wildman–Crippen MR) is 105 cm³/mol. The van der Waals surface area contributed by atoms with Crippen LogP contribution in [0.3, 0.4) is 0 Å². The monoisotopic (exact) mass is 348 g/mol. The molecule has 2 saturated heterocycles. The normalized spacial score (nSPS) is 19.0. The quantitative estimate of drug-likeness (QED) is 0.914. The Labute approximate surface area is 156 Å². The topological polar surface area (TPSA) is 32.3 Å². The van der Waals surface area contributed by atoms with E-state index in [2.05, 4.69) is 40.5 Å². The first-order valence-electron chi connectivity index (χ1n) is 9.88. The summed E-state index contributed by atoms with van der Waals surface area (Å²) < 4.78 is 0. The van der Waals surface area contributed by atoms with Gasteiger partial charge in [-0.1, -0.05) is 48.5 Å². The average molecular weight is 348 g/mol. The first-order valence-corrected chi connectivity index (χ1v) is 9.88. The molecule has 2 aromatic rings. The van der Waals surface area contributed by atoms with Gasteiger partial charge in [-0.3, -0.25) is 4.79 Å². The lowest BCUT2D eigenvalue weighted by Gasteiger charge is -2.39. The molecule has 0 atom stereocenters. The highest BCUT2D eigenvalue weighted by molar-refractivity contribution is 5.95. The minimum absolute atomic E-state index is 0.217. The lowest BCUT2D eigenvalue weighted by molar-refractivity contribution is 0.0606. The molecule has 2 aromatic carbocycles. The molecule has 136 valence electrons. The second kappa shape index (κ2) is 7.63. The van der Waals surface area contributed by atoms with E-state index >= 15 is 0 Å². The molecule has 0 saturated carbocycles. The van der Waals surface area contributed by atoms with Gasteiger partial charge in [0.1, 0.15) is 0 Å². The molecular formula is C23H28N2O. The molecule has 3 heteroatoms. The molecule has 26 heavy (non-hydrogen) atoms. The summed E-state index contributed by atoms with van der Waals surface area (Å²) in [7, 11) is 0. The molecule has 0 aromatic heterocycles. The van der Waals surface area contributed by atoms with Gasteiger partial charge in [-0.15, -0.1) is 0 Å². The third-order valence-electron chi connectivity index (χ3n) is 6.22. The van der Waals surface area contributed by atoms with Crippen LogP contribution >= 0.6 is 0 Å².